The number of carbonyl (C=O) groups is 7. The number of hydrogen-bond donors (Lipinski definition) is 5. The molecule has 17 nitrogen and oxygen atoms in total. The Morgan fingerprint density at radius 3 is 1.71 bits per heavy atom. The van der Waals surface area contributed by atoms with E-state index in [4.69, 9.17) is 5.73 Å². The number of nitrogens with one attached hydrogen (secondary N) is 2. The topological polar surface area (TPSA) is 226 Å². The molecule has 0 aliphatic carbocycles. The first kappa shape index (κ1) is 37.5. The molecule has 2 aliphatic heterocycles. The summed E-state index contributed by atoms with van der Waals surface area (Å²) in [7, 11) is 0. The number of likely N-dealkylation sites (tertiary alicyclic amines) is 1. The molecule has 254 valence electrons. The first-order valence-electron chi connectivity index (χ1n) is 15.3. The lowest BCUT2D eigenvalue weighted by atomic mass is 9.96. The fourth-order valence-corrected chi connectivity index (χ4v) is 5.38. The zero-order valence-electron chi connectivity index (χ0n) is 25.9. The summed E-state index contributed by atoms with van der Waals surface area (Å²) in [5, 5.41) is 23.7. The van der Waals surface area contributed by atoms with E-state index in [0.29, 0.717) is 51.5 Å². The molecule has 0 saturated carbocycles. The third-order valence-corrected chi connectivity index (χ3v) is 7.84. The zero-order valence-corrected chi connectivity index (χ0v) is 25.9. The number of rotatable bonds is 18. The summed E-state index contributed by atoms with van der Waals surface area (Å²) < 4.78 is 0. The maximum Gasteiger partial charge on any atom is 0.317 e. The molecule has 0 aromatic heterocycles. The molecule has 0 unspecified atom stereocenters. The van der Waals surface area contributed by atoms with E-state index in [-0.39, 0.29) is 64.6 Å². The van der Waals surface area contributed by atoms with Crippen LogP contribution in [0, 0.1) is 5.92 Å². The van der Waals surface area contributed by atoms with Crippen molar-refractivity contribution >= 4 is 41.9 Å². The van der Waals surface area contributed by atoms with Crippen LogP contribution in [0.25, 0.3) is 0 Å². The van der Waals surface area contributed by atoms with Gasteiger partial charge in [0.05, 0.1) is 32.7 Å². The molecule has 17 heteroatoms. The van der Waals surface area contributed by atoms with E-state index in [9.17, 15) is 43.8 Å². The van der Waals surface area contributed by atoms with Crippen molar-refractivity contribution in [2.75, 3.05) is 105 Å². The van der Waals surface area contributed by atoms with Gasteiger partial charge >= 0.3 is 11.9 Å². The number of aldehydes is 1. The van der Waals surface area contributed by atoms with Gasteiger partial charge in [-0.2, -0.15) is 0 Å². The van der Waals surface area contributed by atoms with Gasteiger partial charge < -0.3 is 41.2 Å². The molecule has 0 bridgehead atoms. The molecule has 2 aliphatic rings. The van der Waals surface area contributed by atoms with Crippen LogP contribution >= 0.6 is 0 Å². The number of carboxylic acids is 2. The highest BCUT2D eigenvalue weighted by Crippen LogP contribution is 2.18. The molecule has 6 N–H and O–H groups in total. The van der Waals surface area contributed by atoms with E-state index < -0.39 is 29.7 Å². The fraction of sp³-hybridized carbons (Fsp3) is 0.750. The minimum Gasteiger partial charge on any atom is -0.480 e. The molecule has 0 aromatic rings. The molecule has 4 amide bonds. The monoisotopic (exact) mass is 640 g/mol. The van der Waals surface area contributed by atoms with E-state index in [2.05, 4.69) is 15.5 Å². The average Bonchev–Trinajstić information content (AvgIpc) is 3.04. The first-order valence-corrected chi connectivity index (χ1v) is 15.3. The second-order valence-corrected chi connectivity index (χ2v) is 11.5. The van der Waals surface area contributed by atoms with E-state index >= 15 is 0 Å². The van der Waals surface area contributed by atoms with Crippen LogP contribution in [0.3, 0.4) is 0 Å². The van der Waals surface area contributed by atoms with Crippen LogP contribution in [0.1, 0.15) is 25.7 Å². The minimum atomic E-state index is -0.910. The fourth-order valence-electron chi connectivity index (χ4n) is 5.38. The highest BCUT2D eigenvalue weighted by atomic mass is 16.4. The predicted octanol–water partition coefficient (Wildman–Crippen LogP) is -3.69. The molecule has 0 atom stereocenters. The first-order chi connectivity index (χ1) is 21.4. The standard InChI is InChI=1S/C28H48N8O9/c29-23(38)1-5-30-25(40)19-36(15-16-37)26(41)2-6-31-24(39)18-32-7-3-22(4-8-32)17-33-9-11-34(20-27(42)43)13-14-35(12-10-33)21-28(44)45/h16,22H,1-15,17-21H2,(H2,29,38)(H,30,40)(H,31,39)(H,42,43)(H,44,45). The van der Waals surface area contributed by atoms with Crippen LogP contribution in [0.15, 0.2) is 0 Å². The van der Waals surface area contributed by atoms with E-state index in [0.717, 1.165) is 37.4 Å². The Labute approximate surface area is 263 Å². The van der Waals surface area contributed by atoms with Gasteiger partial charge in [0.2, 0.25) is 23.6 Å². The van der Waals surface area contributed by atoms with Crippen LogP contribution in [-0.4, -0.2) is 181 Å². The number of amides is 4. The van der Waals surface area contributed by atoms with Crippen LogP contribution in [0.4, 0.5) is 0 Å². The van der Waals surface area contributed by atoms with Crippen LogP contribution < -0.4 is 16.4 Å². The number of piperidine rings is 1. The summed E-state index contributed by atoms with van der Waals surface area (Å²) in [4.78, 5) is 90.4. The van der Waals surface area contributed by atoms with Gasteiger partial charge in [-0.3, -0.25) is 43.5 Å². The molecule has 2 heterocycles. The number of aliphatic carboxylic acids is 2. The highest BCUT2D eigenvalue weighted by molar-refractivity contribution is 5.87. The Morgan fingerprint density at radius 2 is 1.20 bits per heavy atom. The molecular formula is C28H48N8O9. The summed E-state index contributed by atoms with van der Waals surface area (Å²) in [6, 6.07) is 0. The zero-order chi connectivity index (χ0) is 33.2. The minimum absolute atomic E-state index is 0.0313. The summed E-state index contributed by atoms with van der Waals surface area (Å²) in [5.41, 5.74) is 5.03. The summed E-state index contributed by atoms with van der Waals surface area (Å²) in [5.74, 6) is -3.23. The molecule has 2 fully saturated rings. The second kappa shape index (κ2) is 20.4. The third kappa shape index (κ3) is 16.3. The molecule has 2 saturated heterocycles. The highest BCUT2D eigenvalue weighted by Gasteiger charge is 2.25. The average molecular weight is 641 g/mol. The van der Waals surface area contributed by atoms with Gasteiger partial charge in [-0.05, 0) is 31.8 Å². The van der Waals surface area contributed by atoms with Gasteiger partial charge in [-0.15, -0.1) is 0 Å². The Kier molecular flexibility index (Phi) is 17.0. The Balaban J connectivity index is 1.73. The van der Waals surface area contributed by atoms with Crippen molar-refractivity contribution < 1.29 is 43.8 Å². The van der Waals surface area contributed by atoms with Crippen molar-refractivity contribution in [2.45, 2.75) is 25.7 Å². The van der Waals surface area contributed by atoms with Gasteiger partial charge in [0.15, 0.2) is 0 Å². The number of nitrogens with zero attached hydrogens (tertiary/aromatic N) is 5. The molecule has 45 heavy (non-hydrogen) atoms. The number of nitrogens with two attached hydrogens (primary N) is 1. The van der Waals surface area contributed by atoms with Gasteiger partial charge in [-0.1, -0.05) is 0 Å². The smallest absolute Gasteiger partial charge is 0.317 e. The van der Waals surface area contributed by atoms with Gasteiger partial charge in [0, 0.05) is 71.7 Å². The third-order valence-electron chi connectivity index (χ3n) is 7.84. The number of primary amides is 1. The van der Waals surface area contributed by atoms with Gasteiger partial charge in [0.1, 0.15) is 6.29 Å². The van der Waals surface area contributed by atoms with Crippen molar-refractivity contribution in [2.24, 2.45) is 11.7 Å². The van der Waals surface area contributed by atoms with Crippen LogP contribution in [0.2, 0.25) is 0 Å². The van der Waals surface area contributed by atoms with Crippen molar-refractivity contribution in [1.82, 2.24) is 35.1 Å². The maximum absolute atomic E-state index is 12.5. The van der Waals surface area contributed by atoms with Crippen LogP contribution in [0.5, 0.6) is 0 Å². The Morgan fingerprint density at radius 1 is 0.711 bits per heavy atom. The molecule has 0 radical (unpaired) electrons. The lowest BCUT2D eigenvalue weighted by molar-refractivity contribution is -0.140. The van der Waals surface area contributed by atoms with E-state index in [1.54, 1.807) is 0 Å². The Bertz CT molecular complexity index is 994. The van der Waals surface area contributed by atoms with Gasteiger partial charge in [0.25, 0.3) is 0 Å². The number of carboxylic acid groups (broad SMARTS) is 2. The van der Waals surface area contributed by atoms with Crippen LogP contribution in [-0.2, 0) is 33.6 Å². The molecular weight excluding hydrogens is 592 g/mol. The normalized spacial score (nSPS) is 17.8. The molecule has 0 spiro atoms. The quantitative estimate of drug-likeness (QED) is 0.0911. The molecule has 2 rings (SSSR count). The van der Waals surface area contributed by atoms with Crippen molar-refractivity contribution in [3.05, 3.63) is 0 Å². The summed E-state index contributed by atoms with van der Waals surface area (Å²) in [6.07, 6.45) is 2.14. The SMILES string of the molecule is NC(=O)CCNC(=O)CN(CC=O)C(=O)CCNC(=O)CN1CCC(CN2CCN(CC(=O)O)CCN(CC(=O)O)CC2)CC1. The van der Waals surface area contributed by atoms with Crippen molar-refractivity contribution in [3.8, 4) is 0 Å². The van der Waals surface area contributed by atoms with Crippen molar-refractivity contribution in [3.63, 3.8) is 0 Å². The summed E-state index contributed by atoms with van der Waals surface area (Å²) >= 11 is 0. The summed E-state index contributed by atoms with van der Waals surface area (Å²) in [6.45, 7) is 5.28. The second-order valence-electron chi connectivity index (χ2n) is 11.5. The van der Waals surface area contributed by atoms with E-state index in [1.807, 2.05) is 14.7 Å². The Hall–Kier alpha value is -3.67. The number of hydrogen-bond acceptors (Lipinski definition) is 11. The lowest BCUT2D eigenvalue weighted by Crippen LogP contribution is -2.46. The van der Waals surface area contributed by atoms with Gasteiger partial charge in [-0.25, -0.2) is 0 Å². The largest absolute Gasteiger partial charge is 0.480 e. The maximum atomic E-state index is 12.5. The van der Waals surface area contributed by atoms with E-state index in [1.165, 1.54) is 0 Å². The lowest BCUT2D eigenvalue weighted by Gasteiger charge is -2.35. The molecule has 0 aromatic carbocycles. The number of carbonyl (C=O) groups excluding carboxylic acids is 5. The van der Waals surface area contributed by atoms with Crippen molar-refractivity contribution in [1.29, 1.82) is 0 Å². The predicted molar refractivity (Wildman–Crippen MR) is 161 cm³/mol.